The van der Waals surface area contributed by atoms with Gasteiger partial charge in [-0.3, -0.25) is 4.79 Å². The molecule has 0 spiro atoms. The normalized spacial score (nSPS) is 9.50. The van der Waals surface area contributed by atoms with Gasteiger partial charge in [0.25, 0.3) is 0 Å². The van der Waals surface area contributed by atoms with Crippen LogP contribution in [0.25, 0.3) is 0 Å². The maximum absolute atomic E-state index is 9.89. The van der Waals surface area contributed by atoms with Crippen LogP contribution >= 0.6 is 0 Å². The van der Waals surface area contributed by atoms with Gasteiger partial charge in [0.15, 0.2) is 0 Å². The van der Waals surface area contributed by atoms with E-state index in [1.165, 1.54) is 0 Å². The van der Waals surface area contributed by atoms with Crippen molar-refractivity contribution in [2.75, 3.05) is 6.54 Å². The van der Waals surface area contributed by atoms with E-state index < -0.39 is 5.91 Å². The molecule has 0 aliphatic rings. The zero-order chi connectivity index (χ0) is 6.41. The van der Waals surface area contributed by atoms with Gasteiger partial charge >= 0.3 is 0 Å². The van der Waals surface area contributed by atoms with E-state index in [9.17, 15) is 4.79 Å². The zero-order valence-electron chi connectivity index (χ0n) is 4.16. The van der Waals surface area contributed by atoms with E-state index in [1.807, 2.05) is 0 Å². The number of rotatable bonds is 3. The fraction of sp³-hybridized carbons (Fsp3) is 0.333. The molecule has 1 amide bonds. The Kier molecular flexibility index (Phi) is 3.30. The van der Waals surface area contributed by atoms with Crippen molar-refractivity contribution in [1.29, 1.82) is 0 Å². The third-order valence-corrected chi connectivity index (χ3v) is 0.425. The summed E-state index contributed by atoms with van der Waals surface area (Å²) >= 11 is 0. The van der Waals surface area contributed by atoms with Gasteiger partial charge in [0.1, 0.15) is 6.34 Å². The van der Waals surface area contributed by atoms with Crippen molar-refractivity contribution >= 4 is 12.2 Å². The highest BCUT2D eigenvalue weighted by Gasteiger charge is 1.85. The maximum atomic E-state index is 9.89. The Morgan fingerprint density at radius 2 is 2.62 bits per heavy atom. The summed E-state index contributed by atoms with van der Waals surface area (Å²) < 4.78 is 0. The molecule has 4 N–H and O–H groups in total. The molecule has 0 bridgehead atoms. The molecule has 0 aromatic carbocycles. The van der Waals surface area contributed by atoms with Crippen LogP contribution in [0.2, 0.25) is 0 Å². The van der Waals surface area contributed by atoms with Crippen LogP contribution in [-0.4, -0.2) is 24.0 Å². The topological polar surface area (TPSA) is 87.7 Å². The second kappa shape index (κ2) is 3.91. The van der Waals surface area contributed by atoms with Crippen molar-refractivity contribution in [3.63, 3.8) is 0 Å². The van der Waals surface area contributed by atoms with E-state index in [0.29, 0.717) is 0 Å². The fourth-order valence-electron chi connectivity index (χ4n) is 0.187. The van der Waals surface area contributed by atoms with Crippen molar-refractivity contribution < 1.29 is 10.0 Å². The summed E-state index contributed by atoms with van der Waals surface area (Å²) in [6, 6.07) is 0. The minimum atomic E-state index is -0.495. The standard InChI is InChI=1S/C3H7N3O2/c4-3(7)1-5-2-6-8/h2,8H,1H2,(H2,4,7)(H,5,6). The predicted octanol–water partition coefficient (Wildman–Crippen LogP) is -1.52. The van der Waals surface area contributed by atoms with Crippen LogP contribution in [0.4, 0.5) is 0 Å². The van der Waals surface area contributed by atoms with Crippen LogP contribution in [0.3, 0.4) is 0 Å². The van der Waals surface area contributed by atoms with Gasteiger partial charge < -0.3 is 16.3 Å². The van der Waals surface area contributed by atoms with Crippen molar-refractivity contribution in [3.05, 3.63) is 0 Å². The van der Waals surface area contributed by atoms with E-state index in [0.717, 1.165) is 6.34 Å². The molecule has 0 saturated heterocycles. The van der Waals surface area contributed by atoms with Gasteiger partial charge in [-0.05, 0) is 0 Å². The highest BCUT2D eigenvalue weighted by atomic mass is 16.4. The number of amides is 1. The molecule has 46 valence electrons. The molecule has 0 rings (SSSR count). The maximum Gasteiger partial charge on any atom is 0.236 e. The molecule has 0 unspecified atom stereocenters. The monoisotopic (exact) mass is 117 g/mol. The first-order chi connectivity index (χ1) is 3.77. The number of carbonyl (C=O) groups is 1. The molecule has 8 heavy (non-hydrogen) atoms. The number of nitrogens with one attached hydrogen (secondary N) is 1. The number of oxime groups is 1. The Bertz CT molecular complexity index is 101. The van der Waals surface area contributed by atoms with Gasteiger partial charge in [0.2, 0.25) is 5.91 Å². The zero-order valence-corrected chi connectivity index (χ0v) is 4.16. The van der Waals surface area contributed by atoms with Gasteiger partial charge in [-0.15, -0.1) is 0 Å². The van der Waals surface area contributed by atoms with Crippen molar-refractivity contribution in [2.24, 2.45) is 10.9 Å². The summed E-state index contributed by atoms with van der Waals surface area (Å²) in [7, 11) is 0. The summed E-state index contributed by atoms with van der Waals surface area (Å²) in [4.78, 5) is 9.89. The number of hydrogen-bond donors (Lipinski definition) is 3. The molecule has 0 aromatic heterocycles. The van der Waals surface area contributed by atoms with Gasteiger partial charge in [0, 0.05) is 0 Å². The van der Waals surface area contributed by atoms with Gasteiger partial charge in [-0.2, -0.15) is 0 Å². The SMILES string of the molecule is NC(=O)CNC=NO. The first kappa shape index (κ1) is 6.74. The van der Waals surface area contributed by atoms with Crippen LogP contribution in [0.15, 0.2) is 5.16 Å². The molecule has 0 saturated carbocycles. The first-order valence-electron chi connectivity index (χ1n) is 1.95. The lowest BCUT2D eigenvalue weighted by molar-refractivity contribution is -0.116. The minimum Gasteiger partial charge on any atom is -0.410 e. The molecular formula is C3H7N3O2. The van der Waals surface area contributed by atoms with Gasteiger partial charge in [0.05, 0.1) is 6.54 Å². The molecule has 0 aliphatic carbocycles. The summed E-state index contributed by atoms with van der Waals surface area (Å²) in [5.41, 5.74) is 4.69. The average molecular weight is 117 g/mol. The quantitative estimate of drug-likeness (QED) is 0.181. The van der Waals surface area contributed by atoms with Crippen molar-refractivity contribution in [1.82, 2.24) is 5.32 Å². The average Bonchev–Trinajstić information content (AvgIpc) is 1.66. The second-order valence-corrected chi connectivity index (χ2v) is 1.09. The lowest BCUT2D eigenvalue weighted by Crippen LogP contribution is -2.27. The third kappa shape index (κ3) is 4.74. The molecule has 0 aliphatic heterocycles. The van der Waals surface area contributed by atoms with Crippen LogP contribution in [0.1, 0.15) is 0 Å². The molecule has 0 radical (unpaired) electrons. The van der Waals surface area contributed by atoms with Crippen LogP contribution in [-0.2, 0) is 4.79 Å². The minimum absolute atomic E-state index is 0.00986. The number of carbonyl (C=O) groups excluding carboxylic acids is 1. The summed E-state index contributed by atoms with van der Waals surface area (Å²) in [6.45, 7) is -0.00986. The Hall–Kier alpha value is -1.26. The van der Waals surface area contributed by atoms with Crippen LogP contribution in [0, 0.1) is 0 Å². The molecule has 5 heteroatoms. The molecular weight excluding hydrogens is 110 g/mol. The number of nitrogens with two attached hydrogens (primary N) is 1. The Morgan fingerprint density at radius 1 is 2.00 bits per heavy atom. The predicted molar refractivity (Wildman–Crippen MR) is 27.5 cm³/mol. The van der Waals surface area contributed by atoms with Crippen molar-refractivity contribution in [2.45, 2.75) is 0 Å². The highest BCUT2D eigenvalue weighted by molar-refractivity contribution is 5.78. The summed E-state index contributed by atoms with van der Waals surface area (Å²) in [5.74, 6) is -0.495. The molecule has 0 heterocycles. The first-order valence-corrected chi connectivity index (χ1v) is 1.95. The molecule has 0 aromatic rings. The second-order valence-electron chi connectivity index (χ2n) is 1.09. The van der Waals surface area contributed by atoms with E-state index in [4.69, 9.17) is 5.21 Å². The third-order valence-electron chi connectivity index (χ3n) is 0.425. The van der Waals surface area contributed by atoms with Gasteiger partial charge in [-0.25, -0.2) is 0 Å². The Morgan fingerprint density at radius 3 is 3.00 bits per heavy atom. The van der Waals surface area contributed by atoms with E-state index in [2.05, 4.69) is 16.2 Å². The summed E-state index contributed by atoms with van der Waals surface area (Å²) in [5, 5.41) is 12.6. The number of hydrogen-bond acceptors (Lipinski definition) is 3. The molecule has 5 nitrogen and oxygen atoms in total. The Labute approximate surface area is 46.2 Å². The molecule has 0 atom stereocenters. The van der Waals surface area contributed by atoms with E-state index >= 15 is 0 Å². The largest absolute Gasteiger partial charge is 0.410 e. The van der Waals surface area contributed by atoms with Crippen LogP contribution in [0.5, 0.6) is 0 Å². The number of primary amides is 1. The van der Waals surface area contributed by atoms with E-state index in [-0.39, 0.29) is 6.54 Å². The lowest BCUT2D eigenvalue weighted by Gasteiger charge is -1.89. The fourth-order valence-corrected chi connectivity index (χ4v) is 0.187. The Balaban J connectivity index is 3.05. The summed E-state index contributed by atoms with van der Waals surface area (Å²) in [6.07, 6.45) is 0.977. The van der Waals surface area contributed by atoms with Crippen molar-refractivity contribution in [3.8, 4) is 0 Å². The smallest absolute Gasteiger partial charge is 0.236 e. The van der Waals surface area contributed by atoms with E-state index in [1.54, 1.807) is 0 Å². The van der Waals surface area contributed by atoms with Crippen LogP contribution < -0.4 is 11.1 Å². The molecule has 0 fully saturated rings. The number of nitrogens with zero attached hydrogens (tertiary/aromatic N) is 1. The highest BCUT2D eigenvalue weighted by Crippen LogP contribution is 1.50. The van der Waals surface area contributed by atoms with Gasteiger partial charge in [-0.1, -0.05) is 5.16 Å². The lowest BCUT2D eigenvalue weighted by atomic mass is 10.6.